The summed E-state index contributed by atoms with van der Waals surface area (Å²) in [6.45, 7) is 0.299. The van der Waals surface area contributed by atoms with Crippen LogP contribution in [-0.4, -0.2) is 54.3 Å². The maximum absolute atomic E-state index is 13.4. The first kappa shape index (κ1) is 18.1. The molecule has 0 aromatic heterocycles. The van der Waals surface area contributed by atoms with E-state index in [1.54, 1.807) is 0 Å². The number of rotatable bonds is 7. The van der Waals surface area contributed by atoms with E-state index in [2.05, 4.69) is 0 Å². The van der Waals surface area contributed by atoms with Crippen LogP contribution in [0.3, 0.4) is 0 Å². The number of methoxy groups -OCH3 is 1. The number of ether oxygens (including phenoxy) is 2. The number of amides is 1. The lowest BCUT2D eigenvalue weighted by molar-refractivity contribution is -0.148. The van der Waals surface area contributed by atoms with Gasteiger partial charge in [-0.1, -0.05) is 0 Å². The molecule has 8 heteroatoms. The van der Waals surface area contributed by atoms with Gasteiger partial charge in [-0.3, -0.25) is 4.79 Å². The van der Waals surface area contributed by atoms with Crippen LogP contribution in [0.5, 0.6) is 5.75 Å². The van der Waals surface area contributed by atoms with Gasteiger partial charge in [0.1, 0.15) is 11.9 Å². The molecule has 1 heterocycles. The maximum atomic E-state index is 13.4. The van der Waals surface area contributed by atoms with Gasteiger partial charge in [0, 0.05) is 32.6 Å². The maximum Gasteiger partial charge on any atom is 0.326 e. The average molecular weight is 343 g/mol. The van der Waals surface area contributed by atoms with Crippen molar-refractivity contribution in [2.45, 2.75) is 31.4 Å². The van der Waals surface area contributed by atoms with Crippen LogP contribution in [0.1, 0.15) is 19.3 Å². The van der Waals surface area contributed by atoms with Crippen molar-refractivity contribution in [3.05, 3.63) is 29.8 Å². The molecule has 0 saturated carbocycles. The summed E-state index contributed by atoms with van der Waals surface area (Å²) in [5, 5.41) is 9.17. The summed E-state index contributed by atoms with van der Waals surface area (Å²) in [5.41, 5.74) is 0. The molecule has 1 aliphatic heterocycles. The highest BCUT2D eigenvalue weighted by Gasteiger charge is 2.39. The molecule has 6 nitrogen and oxygen atoms in total. The highest BCUT2D eigenvalue weighted by atomic mass is 19.1. The molecule has 2 unspecified atom stereocenters. The third-order valence-electron chi connectivity index (χ3n) is 3.89. The summed E-state index contributed by atoms with van der Waals surface area (Å²) in [7, 11) is 1.47. The molecule has 0 aliphatic carbocycles. The molecule has 0 radical (unpaired) electrons. The minimum atomic E-state index is -1.06. The zero-order valence-electron chi connectivity index (χ0n) is 13.2. The summed E-state index contributed by atoms with van der Waals surface area (Å²) in [6.07, 6.45) is 0.327. The fourth-order valence-corrected chi connectivity index (χ4v) is 2.62. The number of carbonyl (C=O) groups is 2. The Kier molecular flexibility index (Phi) is 6.08. The number of nitrogens with zero attached hydrogens (tertiary/aromatic N) is 1. The van der Waals surface area contributed by atoms with Gasteiger partial charge < -0.3 is 19.5 Å². The Morgan fingerprint density at radius 3 is 2.75 bits per heavy atom. The molecule has 0 spiro atoms. The molecule has 1 aliphatic rings. The van der Waals surface area contributed by atoms with Crippen LogP contribution in [0.25, 0.3) is 0 Å². The Morgan fingerprint density at radius 1 is 1.38 bits per heavy atom. The molecule has 1 saturated heterocycles. The molecule has 1 fully saturated rings. The fraction of sp³-hybridized carbons (Fsp3) is 0.500. The monoisotopic (exact) mass is 343 g/mol. The van der Waals surface area contributed by atoms with Crippen molar-refractivity contribution in [2.75, 3.05) is 20.3 Å². The molecule has 1 aromatic rings. The molecule has 2 rings (SSSR count). The number of hydrogen-bond donors (Lipinski definition) is 1. The van der Waals surface area contributed by atoms with Gasteiger partial charge in [-0.15, -0.1) is 0 Å². The zero-order chi connectivity index (χ0) is 17.7. The first-order valence-electron chi connectivity index (χ1n) is 7.55. The molecule has 0 bridgehead atoms. The largest absolute Gasteiger partial charge is 0.491 e. The first-order valence-corrected chi connectivity index (χ1v) is 7.55. The van der Waals surface area contributed by atoms with Gasteiger partial charge in [-0.2, -0.15) is 0 Å². The van der Waals surface area contributed by atoms with Crippen molar-refractivity contribution >= 4 is 11.9 Å². The second kappa shape index (κ2) is 8.05. The second-order valence-electron chi connectivity index (χ2n) is 5.52. The Bertz CT molecular complexity index is 610. The summed E-state index contributed by atoms with van der Waals surface area (Å²) in [4.78, 5) is 24.7. The molecule has 1 N–H and O–H groups in total. The van der Waals surface area contributed by atoms with Gasteiger partial charge in [0.25, 0.3) is 0 Å². The number of halogens is 2. The normalized spacial score (nSPS) is 20.2. The van der Waals surface area contributed by atoms with E-state index in [0.29, 0.717) is 6.07 Å². The first-order chi connectivity index (χ1) is 11.4. The number of likely N-dealkylation sites (tertiary alicyclic amines) is 1. The van der Waals surface area contributed by atoms with E-state index in [1.165, 1.54) is 18.1 Å². The Labute approximate surface area is 138 Å². The molecule has 2 atom stereocenters. The van der Waals surface area contributed by atoms with Gasteiger partial charge in [-0.25, -0.2) is 13.6 Å². The lowest BCUT2D eigenvalue weighted by Crippen LogP contribution is -2.40. The van der Waals surface area contributed by atoms with Crippen LogP contribution in [0.15, 0.2) is 18.2 Å². The van der Waals surface area contributed by atoms with E-state index in [4.69, 9.17) is 9.47 Å². The van der Waals surface area contributed by atoms with Gasteiger partial charge in [0.05, 0.1) is 12.7 Å². The fourth-order valence-electron chi connectivity index (χ4n) is 2.62. The van der Waals surface area contributed by atoms with Crippen LogP contribution >= 0.6 is 0 Å². The smallest absolute Gasteiger partial charge is 0.326 e. The number of hydrogen-bond acceptors (Lipinski definition) is 4. The minimum Gasteiger partial charge on any atom is -0.491 e. The number of benzene rings is 1. The number of carboxylic acids is 1. The topological polar surface area (TPSA) is 76.1 Å². The number of carboxylic acid groups (broad SMARTS) is 1. The third-order valence-corrected chi connectivity index (χ3v) is 3.89. The molecule has 132 valence electrons. The standard InChI is InChI=1S/C16H19F2NO5/c1-23-11-8-13(16(21)22)19(9-11)15(20)3-2-6-24-14-5-4-10(17)7-12(14)18/h4-5,7,11,13H,2-3,6,8-9H2,1H3,(H,21,22). The van der Waals surface area contributed by atoms with Gasteiger partial charge in [-0.05, 0) is 18.6 Å². The van der Waals surface area contributed by atoms with Crippen molar-refractivity contribution in [1.82, 2.24) is 4.90 Å². The van der Waals surface area contributed by atoms with Gasteiger partial charge in [0.15, 0.2) is 11.6 Å². The Hall–Kier alpha value is -2.22. The lowest BCUT2D eigenvalue weighted by atomic mass is 10.2. The van der Waals surface area contributed by atoms with Crippen molar-refractivity contribution in [2.24, 2.45) is 0 Å². The molecular formula is C16H19F2NO5. The minimum absolute atomic E-state index is 0.0631. The van der Waals surface area contributed by atoms with Crippen molar-refractivity contribution < 1.29 is 33.0 Å². The third kappa shape index (κ3) is 4.41. The van der Waals surface area contributed by atoms with Crippen molar-refractivity contribution in [1.29, 1.82) is 0 Å². The van der Waals surface area contributed by atoms with E-state index in [0.717, 1.165) is 6.07 Å². The van der Waals surface area contributed by atoms with E-state index in [9.17, 15) is 23.5 Å². The van der Waals surface area contributed by atoms with E-state index in [-0.39, 0.29) is 50.2 Å². The molecule has 1 aromatic carbocycles. The van der Waals surface area contributed by atoms with Gasteiger partial charge in [0.2, 0.25) is 5.91 Å². The van der Waals surface area contributed by atoms with Crippen LogP contribution in [0, 0.1) is 11.6 Å². The van der Waals surface area contributed by atoms with Crippen LogP contribution in [-0.2, 0) is 14.3 Å². The predicted octanol–water partition coefficient (Wildman–Crippen LogP) is 1.82. The SMILES string of the molecule is COC1CC(C(=O)O)N(C(=O)CCCOc2ccc(F)cc2F)C1. The molecule has 1 amide bonds. The van der Waals surface area contributed by atoms with Crippen molar-refractivity contribution in [3.8, 4) is 5.75 Å². The van der Waals surface area contributed by atoms with Gasteiger partial charge >= 0.3 is 5.97 Å². The summed E-state index contributed by atoms with van der Waals surface area (Å²) >= 11 is 0. The number of aliphatic carboxylic acids is 1. The van der Waals surface area contributed by atoms with Crippen LogP contribution in [0.2, 0.25) is 0 Å². The van der Waals surface area contributed by atoms with E-state index in [1.807, 2.05) is 0 Å². The van der Waals surface area contributed by atoms with Crippen LogP contribution in [0.4, 0.5) is 8.78 Å². The molecule has 24 heavy (non-hydrogen) atoms. The lowest BCUT2D eigenvalue weighted by Gasteiger charge is -2.21. The predicted molar refractivity (Wildman–Crippen MR) is 79.6 cm³/mol. The van der Waals surface area contributed by atoms with E-state index >= 15 is 0 Å². The van der Waals surface area contributed by atoms with E-state index < -0.39 is 23.6 Å². The summed E-state index contributed by atoms with van der Waals surface area (Å²) in [5.74, 6) is -2.98. The summed E-state index contributed by atoms with van der Waals surface area (Å²) < 4.78 is 36.5. The Morgan fingerprint density at radius 2 is 2.12 bits per heavy atom. The zero-order valence-corrected chi connectivity index (χ0v) is 13.2. The highest BCUT2D eigenvalue weighted by molar-refractivity contribution is 5.84. The summed E-state index contributed by atoms with van der Waals surface area (Å²) in [6, 6.07) is 2.08. The average Bonchev–Trinajstić information content (AvgIpc) is 2.97. The quantitative estimate of drug-likeness (QED) is 0.765. The Balaban J connectivity index is 1.81. The van der Waals surface area contributed by atoms with Crippen LogP contribution < -0.4 is 4.74 Å². The number of carbonyl (C=O) groups excluding carboxylic acids is 1. The molecular weight excluding hydrogens is 324 g/mol. The second-order valence-corrected chi connectivity index (χ2v) is 5.52. The highest BCUT2D eigenvalue weighted by Crippen LogP contribution is 2.22. The van der Waals surface area contributed by atoms with Crippen molar-refractivity contribution in [3.63, 3.8) is 0 Å².